The topological polar surface area (TPSA) is 29.3 Å². The summed E-state index contributed by atoms with van der Waals surface area (Å²) in [5.74, 6) is 0. The van der Waals surface area contributed by atoms with Crippen molar-refractivity contribution in [2.75, 3.05) is 13.1 Å². The van der Waals surface area contributed by atoms with E-state index in [1.54, 1.807) is 0 Å². The van der Waals surface area contributed by atoms with Crippen LogP contribution in [0.3, 0.4) is 0 Å². The van der Waals surface area contributed by atoms with Crippen LogP contribution < -0.4 is 5.73 Å². The van der Waals surface area contributed by atoms with E-state index in [-0.39, 0.29) is 6.04 Å². The normalized spacial score (nSPS) is 26.9. The monoisotopic (exact) mass is 210 g/mol. The summed E-state index contributed by atoms with van der Waals surface area (Å²) in [6.07, 6.45) is 11.0. The maximum Gasteiger partial charge on any atom is 0.0216 e. The van der Waals surface area contributed by atoms with Gasteiger partial charge in [-0.3, -0.25) is 4.90 Å². The van der Waals surface area contributed by atoms with Crippen LogP contribution in [-0.2, 0) is 0 Å². The molecule has 0 aromatic carbocycles. The molecule has 88 valence electrons. The standard InChI is InChI=1S/C13H26N2/c1-12(14)13(2)15-10-8-6-4-3-5-7-9-11-15/h3-4,12-13H,5-11,14H2,1-2H3/b4-3-/t12?,13-/m1/s1. The molecule has 1 heterocycles. The van der Waals surface area contributed by atoms with Crippen molar-refractivity contribution in [3.63, 3.8) is 0 Å². The van der Waals surface area contributed by atoms with E-state index < -0.39 is 0 Å². The van der Waals surface area contributed by atoms with Crippen molar-refractivity contribution in [3.05, 3.63) is 12.2 Å². The van der Waals surface area contributed by atoms with E-state index in [2.05, 4.69) is 30.9 Å². The predicted molar refractivity (Wildman–Crippen MR) is 66.9 cm³/mol. The van der Waals surface area contributed by atoms with Crippen molar-refractivity contribution in [2.45, 2.75) is 58.0 Å². The molecule has 2 atom stereocenters. The van der Waals surface area contributed by atoms with E-state index in [0.29, 0.717) is 6.04 Å². The second-order valence-corrected chi connectivity index (χ2v) is 4.75. The first-order chi connectivity index (χ1) is 7.22. The third kappa shape index (κ3) is 4.80. The number of nitrogens with zero attached hydrogens (tertiary/aromatic N) is 1. The lowest BCUT2D eigenvalue weighted by Gasteiger charge is -2.31. The molecule has 0 aromatic heterocycles. The Labute approximate surface area is 94.5 Å². The zero-order valence-corrected chi connectivity index (χ0v) is 10.3. The van der Waals surface area contributed by atoms with Gasteiger partial charge in [0.05, 0.1) is 0 Å². The Hall–Kier alpha value is -0.340. The van der Waals surface area contributed by atoms with Gasteiger partial charge in [-0.25, -0.2) is 0 Å². The number of nitrogens with two attached hydrogens (primary N) is 1. The van der Waals surface area contributed by atoms with Gasteiger partial charge in [0.2, 0.25) is 0 Å². The Balaban J connectivity index is 2.43. The van der Waals surface area contributed by atoms with Gasteiger partial charge in [0.25, 0.3) is 0 Å². The van der Waals surface area contributed by atoms with Crippen LogP contribution in [0.2, 0.25) is 0 Å². The fourth-order valence-electron chi connectivity index (χ4n) is 2.08. The largest absolute Gasteiger partial charge is 0.327 e. The van der Waals surface area contributed by atoms with Crippen molar-refractivity contribution in [2.24, 2.45) is 5.73 Å². The van der Waals surface area contributed by atoms with Crippen LogP contribution in [0.5, 0.6) is 0 Å². The first-order valence-corrected chi connectivity index (χ1v) is 6.36. The Kier molecular flexibility index (Phi) is 5.96. The molecule has 0 aliphatic carbocycles. The maximum absolute atomic E-state index is 5.97. The highest BCUT2D eigenvalue weighted by Gasteiger charge is 2.16. The van der Waals surface area contributed by atoms with E-state index in [1.165, 1.54) is 45.2 Å². The Morgan fingerprint density at radius 3 is 2.27 bits per heavy atom. The fourth-order valence-corrected chi connectivity index (χ4v) is 2.08. The molecular weight excluding hydrogens is 184 g/mol. The Morgan fingerprint density at radius 2 is 1.60 bits per heavy atom. The molecule has 1 aliphatic heterocycles. The molecular formula is C13H26N2. The van der Waals surface area contributed by atoms with Gasteiger partial charge >= 0.3 is 0 Å². The Bertz CT molecular complexity index is 187. The van der Waals surface area contributed by atoms with Gasteiger partial charge in [0.15, 0.2) is 0 Å². The summed E-state index contributed by atoms with van der Waals surface area (Å²) >= 11 is 0. The molecule has 1 aliphatic rings. The van der Waals surface area contributed by atoms with Gasteiger partial charge in [-0.05, 0) is 59.0 Å². The third-order valence-electron chi connectivity index (χ3n) is 3.39. The number of hydrogen-bond acceptors (Lipinski definition) is 2. The average molecular weight is 210 g/mol. The molecule has 0 spiro atoms. The molecule has 2 nitrogen and oxygen atoms in total. The van der Waals surface area contributed by atoms with Crippen LogP contribution in [-0.4, -0.2) is 30.1 Å². The summed E-state index contributed by atoms with van der Waals surface area (Å²) in [6, 6.07) is 0.803. The van der Waals surface area contributed by atoms with Gasteiger partial charge in [0, 0.05) is 12.1 Å². The van der Waals surface area contributed by atoms with E-state index in [0.717, 1.165) is 0 Å². The van der Waals surface area contributed by atoms with Gasteiger partial charge in [-0.1, -0.05) is 12.2 Å². The second kappa shape index (κ2) is 7.02. The molecule has 1 unspecified atom stereocenters. The summed E-state index contributed by atoms with van der Waals surface area (Å²) in [5, 5.41) is 0. The van der Waals surface area contributed by atoms with Crippen LogP contribution in [0.4, 0.5) is 0 Å². The SMILES string of the molecule is CC(N)[C@@H](C)N1CCC/C=C\CCCC1. The van der Waals surface area contributed by atoms with Gasteiger partial charge in [0.1, 0.15) is 0 Å². The second-order valence-electron chi connectivity index (χ2n) is 4.75. The quantitative estimate of drug-likeness (QED) is 0.710. The van der Waals surface area contributed by atoms with E-state index in [4.69, 9.17) is 5.73 Å². The van der Waals surface area contributed by atoms with Crippen LogP contribution in [0.15, 0.2) is 12.2 Å². The van der Waals surface area contributed by atoms with Crippen molar-refractivity contribution in [1.29, 1.82) is 0 Å². The van der Waals surface area contributed by atoms with Crippen LogP contribution >= 0.6 is 0 Å². The molecule has 0 amide bonds. The summed E-state index contributed by atoms with van der Waals surface area (Å²) in [6.45, 7) is 6.79. The highest BCUT2D eigenvalue weighted by atomic mass is 15.2. The first kappa shape index (κ1) is 12.7. The van der Waals surface area contributed by atoms with Crippen molar-refractivity contribution < 1.29 is 0 Å². The molecule has 0 bridgehead atoms. The minimum absolute atomic E-state index is 0.281. The third-order valence-corrected chi connectivity index (χ3v) is 3.39. The summed E-state index contributed by atoms with van der Waals surface area (Å²) in [7, 11) is 0. The number of hydrogen-bond donors (Lipinski definition) is 1. The van der Waals surface area contributed by atoms with E-state index in [9.17, 15) is 0 Å². The van der Waals surface area contributed by atoms with Gasteiger partial charge in [-0.15, -0.1) is 0 Å². The molecule has 0 saturated heterocycles. The van der Waals surface area contributed by atoms with Crippen molar-refractivity contribution in [3.8, 4) is 0 Å². The molecule has 0 fully saturated rings. The molecule has 15 heavy (non-hydrogen) atoms. The molecule has 0 radical (unpaired) electrons. The maximum atomic E-state index is 5.97. The average Bonchev–Trinajstić information content (AvgIpc) is 2.24. The predicted octanol–water partition coefficient (Wildman–Crippen LogP) is 2.54. The molecule has 0 aromatic rings. The first-order valence-electron chi connectivity index (χ1n) is 6.36. The van der Waals surface area contributed by atoms with Crippen LogP contribution in [0, 0.1) is 0 Å². The van der Waals surface area contributed by atoms with Crippen LogP contribution in [0.25, 0.3) is 0 Å². The lowest BCUT2D eigenvalue weighted by Crippen LogP contribution is -2.45. The van der Waals surface area contributed by atoms with Gasteiger partial charge < -0.3 is 5.73 Å². The molecule has 1 rings (SSSR count). The van der Waals surface area contributed by atoms with Crippen molar-refractivity contribution in [1.82, 2.24) is 4.90 Å². The zero-order valence-electron chi connectivity index (χ0n) is 10.3. The summed E-state index contributed by atoms with van der Waals surface area (Å²) in [5.41, 5.74) is 5.97. The van der Waals surface area contributed by atoms with Gasteiger partial charge in [-0.2, -0.15) is 0 Å². The summed E-state index contributed by atoms with van der Waals surface area (Å²) in [4.78, 5) is 2.56. The lowest BCUT2D eigenvalue weighted by molar-refractivity contribution is 0.183. The smallest absolute Gasteiger partial charge is 0.0216 e. The zero-order chi connectivity index (χ0) is 11.1. The van der Waals surface area contributed by atoms with Crippen molar-refractivity contribution >= 4 is 0 Å². The molecule has 0 saturated carbocycles. The Morgan fingerprint density at radius 1 is 1.00 bits per heavy atom. The highest BCUT2D eigenvalue weighted by Crippen LogP contribution is 2.10. The van der Waals surface area contributed by atoms with E-state index >= 15 is 0 Å². The minimum Gasteiger partial charge on any atom is -0.327 e. The minimum atomic E-state index is 0.281. The fraction of sp³-hybridized carbons (Fsp3) is 0.846. The number of rotatable bonds is 2. The highest BCUT2D eigenvalue weighted by molar-refractivity contribution is 4.84. The lowest BCUT2D eigenvalue weighted by atomic mass is 10.1. The van der Waals surface area contributed by atoms with E-state index in [1.807, 2.05) is 0 Å². The summed E-state index contributed by atoms with van der Waals surface area (Å²) < 4.78 is 0. The molecule has 2 N–H and O–H groups in total. The molecule has 2 heteroatoms. The van der Waals surface area contributed by atoms with Crippen LogP contribution in [0.1, 0.15) is 46.0 Å². The number of allylic oxidation sites excluding steroid dienone is 2.